The van der Waals surface area contributed by atoms with E-state index in [4.69, 9.17) is 51.1 Å². The lowest BCUT2D eigenvalue weighted by molar-refractivity contribution is 0.188. The van der Waals surface area contributed by atoms with Crippen LogP contribution in [0.1, 0.15) is 0 Å². The summed E-state index contributed by atoms with van der Waals surface area (Å²) in [6.07, 6.45) is 3.13. The average molecular weight is 436 g/mol. The normalized spacial score (nSPS) is 11.0. The minimum Gasteiger partial charge on any atom is -0.383 e. The first-order chi connectivity index (χ1) is 12.5. The van der Waals surface area contributed by atoms with Crippen molar-refractivity contribution in [1.82, 2.24) is 39.5 Å². The van der Waals surface area contributed by atoms with Crippen LogP contribution in [-0.2, 0) is 11.3 Å². The maximum Gasteiger partial charge on any atom is 0.225 e. The average Bonchev–Trinajstić information content (AvgIpc) is 3.20. The first-order valence-corrected chi connectivity index (χ1v) is 8.55. The van der Waals surface area contributed by atoms with Gasteiger partial charge in [0.15, 0.2) is 21.6 Å². The highest BCUT2D eigenvalue weighted by Gasteiger charge is 2.10. The van der Waals surface area contributed by atoms with Gasteiger partial charge in [-0.25, -0.2) is 19.9 Å². The van der Waals surface area contributed by atoms with Gasteiger partial charge in [-0.2, -0.15) is 9.97 Å². The molecule has 0 radical (unpaired) electrons. The largest absolute Gasteiger partial charge is 0.383 e. The van der Waals surface area contributed by atoms with Gasteiger partial charge in [0.1, 0.15) is 11.0 Å². The van der Waals surface area contributed by atoms with Gasteiger partial charge in [0.2, 0.25) is 10.6 Å². The third kappa shape index (κ3) is 4.13. The van der Waals surface area contributed by atoms with Gasteiger partial charge in [-0.3, -0.25) is 0 Å². The second kappa shape index (κ2) is 8.28. The molecule has 0 spiro atoms. The van der Waals surface area contributed by atoms with E-state index in [2.05, 4.69) is 34.9 Å². The fraction of sp³-hybridized carbons (Fsp3) is 0.231. The van der Waals surface area contributed by atoms with Crippen LogP contribution in [0.5, 0.6) is 0 Å². The highest BCUT2D eigenvalue weighted by atomic mass is 35.5. The summed E-state index contributed by atoms with van der Waals surface area (Å²) in [5.74, 6) is 0. The van der Waals surface area contributed by atoms with E-state index in [1.165, 1.54) is 6.33 Å². The molecule has 0 atom stereocenters. The lowest BCUT2D eigenvalue weighted by atomic mass is 10.5. The van der Waals surface area contributed by atoms with Gasteiger partial charge >= 0.3 is 0 Å². The number of rotatable bonds is 3. The first kappa shape index (κ1) is 19.0. The highest BCUT2D eigenvalue weighted by Crippen LogP contribution is 2.20. The zero-order valence-electron chi connectivity index (χ0n) is 13.1. The standard InChI is InChI=1S/C8H8Cl2N4O.C5H2Cl2N4/c1-15-3-2-14-4-11-5-6(9)12-8(10)13-7(5)14;6-3-2-4(9-1-8-2)11-5(7)10-3/h4H,2-3H2,1H3;1H,(H,8,9,10,11). The van der Waals surface area contributed by atoms with E-state index in [0.29, 0.717) is 35.5 Å². The number of H-pyrrole nitrogens is 1. The first-order valence-electron chi connectivity index (χ1n) is 7.04. The number of hydrogen-bond acceptors (Lipinski definition) is 7. The minimum absolute atomic E-state index is 0.106. The predicted molar refractivity (Wildman–Crippen MR) is 98.9 cm³/mol. The number of imidazole rings is 2. The smallest absolute Gasteiger partial charge is 0.225 e. The molecule has 136 valence electrons. The third-order valence-electron chi connectivity index (χ3n) is 3.14. The Morgan fingerprint density at radius 2 is 1.73 bits per heavy atom. The maximum absolute atomic E-state index is 5.87. The Kier molecular flexibility index (Phi) is 6.05. The Morgan fingerprint density at radius 1 is 1.00 bits per heavy atom. The second-order valence-electron chi connectivity index (χ2n) is 4.77. The maximum atomic E-state index is 5.87. The van der Waals surface area contributed by atoms with E-state index >= 15 is 0 Å². The van der Waals surface area contributed by atoms with Crippen LogP contribution >= 0.6 is 46.4 Å². The molecule has 4 aromatic heterocycles. The van der Waals surface area contributed by atoms with E-state index in [1.54, 1.807) is 13.4 Å². The summed E-state index contributed by atoms with van der Waals surface area (Å²) < 4.78 is 6.78. The van der Waals surface area contributed by atoms with Crippen molar-refractivity contribution in [2.24, 2.45) is 0 Å². The molecule has 0 aliphatic carbocycles. The number of aromatic nitrogens is 8. The Labute approximate surface area is 166 Å². The summed E-state index contributed by atoms with van der Waals surface area (Å²) in [4.78, 5) is 26.2. The monoisotopic (exact) mass is 434 g/mol. The van der Waals surface area contributed by atoms with E-state index in [1.807, 2.05) is 4.57 Å². The molecule has 26 heavy (non-hydrogen) atoms. The molecule has 0 amide bonds. The van der Waals surface area contributed by atoms with Gasteiger partial charge in [-0.15, -0.1) is 0 Å². The van der Waals surface area contributed by atoms with Crippen LogP contribution in [0.4, 0.5) is 0 Å². The minimum atomic E-state index is 0.106. The van der Waals surface area contributed by atoms with Crippen molar-refractivity contribution in [3.8, 4) is 0 Å². The zero-order chi connectivity index (χ0) is 18.7. The molecule has 0 aliphatic rings. The van der Waals surface area contributed by atoms with Crippen molar-refractivity contribution >= 4 is 68.7 Å². The van der Waals surface area contributed by atoms with Crippen LogP contribution in [0.15, 0.2) is 12.7 Å². The van der Waals surface area contributed by atoms with E-state index in [0.717, 1.165) is 0 Å². The molecular formula is C13H10Cl4N8O. The predicted octanol–water partition coefficient (Wildman–Crippen LogP) is 3.44. The van der Waals surface area contributed by atoms with Crippen LogP contribution in [0.2, 0.25) is 20.9 Å². The SMILES string of the molecule is COCCn1cnc2c(Cl)nc(Cl)nc21.Clc1nc(Cl)c2[nH]cnc2n1. The zero-order valence-corrected chi connectivity index (χ0v) is 16.1. The lowest BCUT2D eigenvalue weighted by Crippen LogP contribution is -2.03. The highest BCUT2D eigenvalue weighted by molar-refractivity contribution is 6.35. The molecule has 4 rings (SSSR count). The van der Waals surface area contributed by atoms with Crippen molar-refractivity contribution in [2.75, 3.05) is 13.7 Å². The summed E-state index contributed by atoms with van der Waals surface area (Å²) in [7, 11) is 1.63. The van der Waals surface area contributed by atoms with E-state index in [-0.39, 0.29) is 20.9 Å². The molecular weight excluding hydrogens is 426 g/mol. The fourth-order valence-electron chi connectivity index (χ4n) is 2.01. The number of fused-ring (bicyclic) bond motifs is 2. The van der Waals surface area contributed by atoms with Crippen molar-refractivity contribution in [3.05, 3.63) is 33.5 Å². The van der Waals surface area contributed by atoms with Crippen LogP contribution in [0, 0.1) is 0 Å². The lowest BCUT2D eigenvalue weighted by Gasteiger charge is -2.02. The molecule has 13 heteroatoms. The van der Waals surface area contributed by atoms with Crippen LogP contribution in [0.3, 0.4) is 0 Å². The molecule has 4 heterocycles. The summed E-state index contributed by atoms with van der Waals surface area (Å²) >= 11 is 22.8. The second-order valence-corrected chi connectivity index (χ2v) is 6.16. The third-order valence-corrected chi connectivity index (χ3v) is 4.02. The van der Waals surface area contributed by atoms with E-state index in [9.17, 15) is 0 Å². The van der Waals surface area contributed by atoms with Gasteiger partial charge in [0.25, 0.3) is 0 Å². The van der Waals surface area contributed by atoms with Gasteiger partial charge in [0, 0.05) is 13.7 Å². The molecule has 1 N–H and O–H groups in total. The molecule has 4 aromatic rings. The molecule has 0 saturated carbocycles. The van der Waals surface area contributed by atoms with Gasteiger partial charge < -0.3 is 14.3 Å². The van der Waals surface area contributed by atoms with Gasteiger partial charge in [-0.1, -0.05) is 23.2 Å². The molecule has 9 nitrogen and oxygen atoms in total. The number of halogens is 4. The topological polar surface area (TPSA) is 107 Å². The molecule has 0 aliphatic heterocycles. The van der Waals surface area contributed by atoms with Crippen LogP contribution < -0.4 is 0 Å². The molecule has 0 bridgehead atoms. The summed E-state index contributed by atoms with van der Waals surface area (Å²) in [5, 5.41) is 0.778. The number of methoxy groups -OCH3 is 1. The number of hydrogen-bond donors (Lipinski definition) is 1. The quantitative estimate of drug-likeness (QED) is 0.387. The molecule has 0 aromatic carbocycles. The Bertz CT molecular complexity index is 1050. The number of nitrogens with zero attached hydrogens (tertiary/aromatic N) is 7. The number of ether oxygens (including phenoxy) is 1. The Hall–Kier alpha value is -1.78. The van der Waals surface area contributed by atoms with Crippen LogP contribution in [-0.4, -0.2) is 53.2 Å². The van der Waals surface area contributed by atoms with Crippen LogP contribution in [0.25, 0.3) is 22.3 Å². The summed E-state index contributed by atoms with van der Waals surface area (Å²) in [6, 6.07) is 0. The fourth-order valence-corrected chi connectivity index (χ4v) is 2.86. The van der Waals surface area contributed by atoms with Crippen molar-refractivity contribution in [1.29, 1.82) is 0 Å². The molecule has 0 unspecified atom stereocenters. The summed E-state index contributed by atoms with van der Waals surface area (Å²) in [5.41, 5.74) is 2.26. The Morgan fingerprint density at radius 3 is 2.50 bits per heavy atom. The van der Waals surface area contributed by atoms with Crippen molar-refractivity contribution < 1.29 is 4.74 Å². The Balaban J connectivity index is 0.000000158. The molecule has 0 fully saturated rings. The molecule has 0 saturated heterocycles. The van der Waals surface area contributed by atoms with Gasteiger partial charge in [0.05, 0.1) is 19.3 Å². The summed E-state index contributed by atoms with van der Waals surface area (Å²) in [6.45, 7) is 1.22. The van der Waals surface area contributed by atoms with Crippen molar-refractivity contribution in [3.63, 3.8) is 0 Å². The number of nitrogens with one attached hydrogen (secondary N) is 1. The van der Waals surface area contributed by atoms with E-state index < -0.39 is 0 Å². The number of aromatic amines is 1. The van der Waals surface area contributed by atoms with Crippen molar-refractivity contribution in [2.45, 2.75) is 6.54 Å². The van der Waals surface area contributed by atoms with Gasteiger partial charge in [-0.05, 0) is 23.2 Å².